The fraction of sp³-hybridized carbons (Fsp3) is 0.0588. The van der Waals surface area contributed by atoms with Crippen LogP contribution in [0, 0.1) is 0 Å². The molecule has 3 aromatic rings. The molecule has 0 fully saturated rings. The first-order valence-electron chi connectivity index (χ1n) is 7.53. The summed E-state index contributed by atoms with van der Waals surface area (Å²) in [6.45, 7) is 0.445. The number of rotatable bonds is 5. The molecule has 1 amide bonds. The molecule has 0 spiro atoms. The van der Waals surface area contributed by atoms with Gasteiger partial charge in [-0.15, -0.1) is 0 Å². The Kier molecular flexibility index (Phi) is 5.76. The van der Waals surface area contributed by atoms with Crippen molar-refractivity contribution >= 4 is 50.7 Å². The van der Waals surface area contributed by atoms with Crippen molar-refractivity contribution in [3.8, 4) is 0 Å². The Morgan fingerprint density at radius 3 is 2.30 bits per heavy atom. The average molecular weight is 445 g/mol. The summed E-state index contributed by atoms with van der Waals surface area (Å²) in [4.78, 5) is 15.9. The topological polar surface area (TPSA) is 81.1 Å². The van der Waals surface area contributed by atoms with Gasteiger partial charge >= 0.3 is 0 Å². The van der Waals surface area contributed by atoms with E-state index in [9.17, 15) is 13.2 Å². The van der Waals surface area contributed by atoms with Crippen LogP contribution < -0.4 is 4.72 Å². The number of amides is 1. The molecule has 1 N–H and O–H groups in total. The lowest BCUT2D eigenvalue weighted by Gasteiger charge is -2.09. The Morgan fingerprint density at radius 1 is 1.04 bits per heavy atom. The maximum absolute atomic E-state index is 12.4. The van der Waals surface area contributed by atoms with Gasteiger partial charge in [0, 0.05) is 17.8 Å². The molecule has 1 aromatic heterocycles. The minimum atomic E-state index is -4.25. The molecule has 27 heavy (non-hydrogen) atoms. The zero-order chi connectivity index (χ0) is 19.6. The monoisotopic (exact) mass is 443 g/mol. The van der Waals surface area contributed by atoms with E-state index in [0.717, 1.165) is 5.56 Å². The maximum Gasteiger partial charge on any atom is 0.285 e. The molecule has 0 saturated heterocycles. The fourth-order valence-electron chi connectivity index (χ4n) is 2.33. The predicted octanol–water partition coefficient (Wildman–Crippen LogP) is 4.01. The SMILES string of the molecule is O=C(NS(=O)(=O)c1c(Cl)cccc1Cl)c1cn(Cc2ccc(Cl)cc2)cn1. The number of carbonyl (C=O) groups is 1. The van der Waals surface area contributed by atoms with Crippen molar-refractivity contribution < 1.29 is 13.2 Å². The van der Waals surface area contributed by atoms with Gasteiger partial charge in [0.2, 0.25) is 0 Å². The summed E-state index contributed by atoms with van der Waals surface area (Å²) in [5, 5.41) is 0.444. The second kappa shape index (κ2) is 7.90. The number of imidazole rings is 1. The zero-order valence-corrected chi connectivity index (χ0v) is 16.6. The molecule has 140 valence electrons. The van der Waals surface area contributed by atoms with Gasteiger partial charge in [0.1, 0.15) is 10.6 Å². The normalized spacial score (nSPS) is 11.4. The van der Waals surface area contributed by atoms with Gasteiger partial charge in [0.25, 0.3) is 15.9 Å². The van der Waals surface area contributed by atoms with Crippen LogP contribution in [0.15, 0.2) is 59.9 Å². The third kappa shape index (κ3) is 4.62. The molecule has 0 radical (unpaired) electrons. The molecule has 3 rings (SSSR count). The number of benzene rings is 2. The lowest BCUT2D eigenvalue weighted by molar-refractivity contribution is 0.0977. The Balaban J connectivity index is 1.77. The Bertz CT molecular complexity index is 1080. The summed E-state index contributed by atoms with van der Waals surface area (Å²) >= 11 is 17.7. The minimum Gasteiger partial charge on any atom is -0.332 e. The number of halogens is 3. The molecule has 0 aliphatic heterocycles. The van der Waals surface area contributed by atoms with Crippen LogP contribution in [-0.2, 0) is 16.6 Å². The molecule has 0 atom stereocenters. The standard InChI is InChI=1S/C17H12Cl3N3O3S/c18-12-6-4-11(5-7-12)8-23-9-15(21-10-23)17(24)22-27(25,26)16-13(19)2-1-3-14(16)20/h1-7,9-10H,8H2,(H,22,24). The smallest absolute Gasteiger partial charge is 0.285 e. The van der Waals surface area contributed by atoms with Crippen molar-refractivity contribution in [2.75, 3.05) is 0 Å². The van der Waals surface area contributed by atoms with Crippen molar-refractivity contribution in [1.82, 2.24) is 14.3 Å². The van der Waals surface area contributed by atoms with Gasteiger partial charge in [-0.05, 0) is 29.8 Å². The quantitative estimate of drug-likeness (QED) is 0.645. The van der Waals surface area contributed by atoms with Gasteiger partial charge in [0.15, 0.2) is 0 Å². The maximum atomic E-state index is 12.4. The van der Waals surface area contributed by atoms with Gasteiger partial charge < -0.3 is 4.57 Å². The predicted molar refractivity (Wildman–Crippen MR) is 104 cm³/mol. The summed E-state index contributed by atoms with van der Waals surface area (Å²) in [6.07, 6.45) is 2.87. The molecule has 6 nitrogen and oxygen atoms in total. The summed E-state index contributed by atoms with van der Waals surface area (Å²) in [5.74, 6) is -0.888. The molecular weight excluding hydrogens is 433 g/mol. The number of nitrogens with zero attached hydrogens (tertiary/aromatic N) is 2. The second-order valence-electron chi connectivity index (χ2n) is 5.54. The molecule has 0 unspecified atom stereocenters. The first-order valence-corrected chi connectivity index (χ1v) is 10.2. The van der Waals surface area contributed by atoms with Crippen molar-refractivity contribution in [2.45, 2.75) is 11.4 Å². The highest BCUT2D eigenvalue weighted by Crippen LogP contribution is 2.28. The van der Waals surface area contributed by atoms with Crippen molar-refractivity contribution in [3.05, 3.63) is 81.3 Å². The van der Waals surface area contributed by atoms with Crippen molar-refractivity contribution in [2.24, 2.45) is 0 Å². The van der Waals surface area contributed by atoms with E-state index in [-0.39, 0.29) is 20.6 Å². The highest BCUT2D eigenvalue weighted by Gasteiger charge is 2.25. The van der Waals surface area contributed by atoms with Crippen LogP contribution in [-0.4, -0.2) is 23.9 Å². The van der Waals surface area contributed by atoms with Gasteiger partial charge in [-0.1, -0.05) is 53.0 Å². The van der Waals surface area contributed by atoms with E-state index < -0.39 is 15.9 Å². The largest absolute Gasteiger partial charge is 0.332 e. The van der Waals surface area contributed by atoms with Crippen LogP contribution in [0.2, 0.25) is 15.1 Å². The molecular formula is C17H12Cl3N3O3S. The van der Waals surface area contributed by atoms with Crippen LogP contribution in [0.4, 0.5) is 0 Å². The lowest BCUT2D eigenvalue weighted by atomic mass is 10.2. The number of hydrogen-bond donors (Lipinski definition) is 1. The number of carbonyl (C=O) groups excluding carboxylic acids is 1. The molecule has 10 heteroatoms. The Labute approximate surface area is 170 Å². The van der Waals surface area contributed by atoms with Gasteiger partial charge in [-0.3, -0.25) is 4.79 Å². The number of aromatic nitrogens is 2. The average Bonchev–Trinajstić information content (AvgIpc) is 3.05. The van der Waals surface area contributed by atoms with Crippen LogP contribution in [0.5, 0.6) is 0 Å². The molecule has 0 aliphatic carbocycles. The first-order chi connectivity index (χ1) is 12.8. The molecule has 0 aliphatic rings. The van der Waals surface area contributed by atoms with E-state index in [2.05, 4.69) is 4.98 Å². The van der Waals surface area contributed by atoms with Gasteiger partial charge in [-0.2, -0.15) is 0 Å². The first kappa shape index (κ1) is 19.7. The van der Waals surface area contributed by atoms with E-state index in [1.807, 2.05) is 16.9 Å². The van der Waals surface area contributed by atoms with E-state index in [0.29, 0.717) is 11.6 Å². The van der Waals surface area contributed by atoms with Crippen LogP contribution >= 0.6 is 34.8 Å². The fourth-order valence-corrected chi connectivity index (χ4v) is 4.56. The Morgan fingerprint density at radius 2 is 1.67 bits per heavy atom. The highest BCUT2D eigenvalue weighted by molar-refractivity contribution is 7.90. The van der Waals surface area contributed by atoms with Gasteiger partial charge in [0.05, 0.1) is 16.4 Å². The van der Waals surface area contributed by atoms with Gasteiger partial charge in [-0.25, -0.2) is 18.1 Å². The number of nitrogens with one attached hydrogen (secondary N) is 1. The summed E-state index contributed by atoms with van der Waals surface area (Å²) < 4.78 is 28.5. The molecule has 0 saturated carbocycles. The van der Waals surface area contributed by atoms with Crippen molar-refractivity contribution in [1.29, 1.82) is 0 Å². The van der Waals surface area contributed by atoms with Crippen LogP contribution in [0.1, 0.15) is 16.1 Å². The summed E-state index contributed by atoms with van der Waals surface area (Å²) in [7, 11) is -4.25. The number of sulfonamides is 1. The van der Waals surface area contributed by atoms with Crippen LogP contribution in [0.25, 0.3) is 0 Å². The van der Waals surface area contributed by atoms with Crippen LogP contribution in [0.3, 0.4) is 0 Å². The lowest BCUT2D eigenvalue weighted by Crippen LogP contribution is -2.31. The highest BCUT2D eigenvalue weighted by atomic mass is 35.5. The van der Waals surface area contributed by atoms with Crippen molar-refractivity contribution in [3.63, 3.8) is 0 Å². The summed E-state index contributed by atoms with van der Waals surface area (Å²) in [6, 6.07) is 11.4. The van der Waals surface area contributed by atoms with E-state index in [1.54, 1.807) is 16.7 Å². The van der Waals surface area contributed by atoms with E-state index in [4.69, 9.17) is 34.8 Å². The van der Waals surface area contributed by atoms with E-state index >= 15 is 0 Å². The number of hydrogen-bond acceptors (Lipinski definition) is 4. The molecule has 2 aromatic carbocycles. The molecule has 0 bridgehead atoms. The molecule has 1 heterocycles. The zero-order valence-electron chi connectivity index (χ0n) is 13.6. The minimum absolute atomic E-state index is 0.0595. The second-order valence-corrected chi connectivity index (χ2v) is 8.41. The van der Waals surface area contributed by atoms with E-state index in [1.165, 1.54) is 30.7 Å². The third-order valence-corrected chi connectivity index (χ3v) is 6.10. The summed E-state index contributed by atoms with van der Waals surface area (Å²) in [5.41, 5.74) is 0.884. The Hall–Kier alpha value is -2.06. The third-order valence-electron chi connectivity index (χ3n) is 3.56.